The van der Waals surface area contributed by atoms with Crippen molar-refractivity contribution >= 4 is 11.7 Å². The molecule has 0 fully saturated rings. The molecule has 4 nitrogen and oxygen atoms in total. The van der Waals surface area contributed by atoms with Crippen LogP contribution in [0.1, 0.15) is 26.7 Å². The molecule has 0 aliphatic heterocycles. The third kappa shape index (κ3) is 4.96. The van der Waals surface area contributed by atoms with Crippen LogP contribution in [0.4, 0.5) is 0 Å². The van der Waals surface area contributed by atoms with Crippen molar-refractivity contribution in [1.29, 1.82) is 5.26 Å². The molecule has 0 heterocycles. The lowest BCUT2D eigenvalue weighted by Gasteiger charge is -2.18. The molecule has 0 aliphatic rings. The van der Waals surface area contributed by atoms with Gasteiger partial charge in [-0.15, -0.1) is 0 Å². The number of Topliss-reactive ketones (excluding diaryl/α,β-unsaturated/α-hetero) is 1. The highest BCUT2D eigenvalue weighted by atomic mass is 16.2. The number of rotatable bonds is 5. The molecule has 1 amide bonds. The maximum absolute atomic E-state index is 11.3. The number of hydrogen-bond donors (Lipinski definition) is 0. The monoisotopic (exact) mass is 182 g/mol. The second kappa shape index (κ2) is 6.18. The Hall–Kier alpha value is -1.37. The van der Waals surface area contributed by atoms with Gasteiger partial charge in [-0.2, -0.15) is 5.26 Å². The van der Waals surface area contributed by atoms with E-state index < -0.39 is 0 Å². The largest absolute Gasteiger partial charge is 0.342 e. The van der Waals surface area contributed by atoms with E-state index in [2.05, 4.69) is 0 Å². The van der Waals surface area contributed by atoms with Crippen molar-refractivity contribution in [1.82, 2.24) is 4.90 Å². The Balaban J connectivity index is 4.00. The van der Waals surface area contributed by atoms with Crippen LogP contribution in [0, 0.1) is 11.3 Å². The van der Waals surface area contributed by atoms with Crippen molar-refractivity contribution in [3.05, 3.63) is 0 Å². The van der Waals surface area contributed by atoms with Gasteiger partial charge in [0.2, 0.25) is 5.91 Å². The summed E-state index contributed by atoms with van der Waals surface area (Å²) in [6, 6.07) is 1.96. The first kappa shape index (κ1) is 11.6. The average Bonchev–Trinajstić information content (AvgIpc) is 2.04. The second-order valence-electron chi connectivity index (χ2n) is 2.76. The van der Waals surface area contributed by atoms with Gasteiger partial charge in [-0.1, -0.05) is 0 Å². The van der Waals surface area contributed by atoms with Gasteiger partial charge >= 0.3 is 0 Å². The van der Waals surface area contributed by atoms with Crippen LogP contribution in [0.2, 0.25) is 0 Å². The van der Waals surface area contributed by atoms with Gasteiger partial charge in [0.15, 0.2) is 0 Å². The summed E-state index contributed by atoms with van der Waals surface area (Å²) in [6.07, 6.45) is 0.261. The third-order valence-corrected chi connectivity index (χ3v) is 1.63. The van der Waals surface area contributed by atoms with Crippen LogP contribution in [0.25, 0.3) is 0 Å². The molecule has 0 aromatic rings. The van der Waals surface area contributed by atoms with E-state index >= 15 is 0 Å². The smallest absolute Gasteiger partial charge is 0.230 e. The standard InChI is InChI=1S/C9H14N2O2/c1-3-11(6-4-5-10)9(13)7-8(2)12/h3-4,6-7H2,1-2H3. The van der Waals surface area contributed by atoms with E-state index in [1.807, 2.05) is 13.0 Å². The summed E-state index contributed by atoms with van der Waals surface area (Å²) in [5.74, 6) is -0.328. The summed E-state index contributed by atoms with van der Waals surface area (Å²) in [6.45, 7) is 4.18. The van der Waals surface area contributed by atoms with Crippen molar-refractivity contribution in [3.8, 4) is 6.07 Å². The Kier molecular flexibility index (Phi) is 5.53. The first-order chi connectivity index (χ1) is 6.11. The number of nitrogens with zero attached hydrogens (tertiary/aromatic N) is 2. The van der Waals surface area contributed by atoms with Gasteiger partial charge in [-0.3, -0.25) is 9.59 Å². The fraction of sp³-hybridized carbons (Fsp3) is 0.667. The highest BCUT2D eigenvalue weighted by Gasteiger charge is 2.12. The fourth-order valence-electron chi connectivity index (χ4n) is 0.969. The summed E-state index contributed by atoms with van der Waals surface area (Å²) < 4.78 is 0. The Bertz CT molecular complexity index is 230. The number of carbonyl (C=O) groups excluding carboxylic acids is 2. The molecule has 0 unspecified atom stereocenters. The van der Waals surface area contributed by atoms with Gasteiger partial charge in [0, 0.05) is 13.1 Å². The van der Waals surface area contributed by atoms with E-state index in [0.717, 1.165) is 0 Å². The number of carbonyl (C=O) groups is 2. The molecule has 0 aromatic carbocycles. The van der Waals surface area contributed by atoms with Crippen molar-refractivity contribution in [2.75, 3.05) is 13.1 Å². The van der Waals surface area contributed by atoms with Crippen LogP contribution in [0.5, 0.6) is 0 Å². The van der Waals surface area contributed by atoms with Crippen molar-refractivity contribution in [2.24, 2.45) is 0 Å². The minimum atomic E-state index is -0.190. The van der Waals surface area contributed by atoms with Crippen LogP contribution in [-0.4, -0.2) is 29.7 Å². The Labute approximate surface area is 78.1 Å². The lowest BCUT2D eigenvalue weighted by Crippen LogP contribution is -2.32. The van der Waals surface area contributed by atoms with Crippen molar-refractivity contribution in [2.45, 2.75) is 26.7 Å². The van der Waals surface area contributed by atoms with Gasteiger partial charge in [0.05, 0.1) is 18.9 Å². The van der Waals surface area contributed by atoms with Crippen LogP contribution in [0.15, 0.2) is 0 Å². The molecule has 0 radical (unpaired) electrons. The Morgan fingerprint density at radius 3 is 2.46 bits per heavy atom. The summed E-state index contributed by atoms with van der Waals surface area (Å²) in [5.41, 5.74) is 0. The highest BCUT2D eigenvalue weighted by Crippen LogP contribution is 1.96. The Morgan fingerprint density at radius 1 is 1.46 bits per heavy atom. The summed E-state index contributed by atoms with van der Waals surface area (Å²) in [5, 5.41) is 8.32. The Morgan fingerprint density at radius 2 is 2.08 bits per heavy atom. The molecular weight excluding hydrogens is 168 g/mol. The molecule has 0 N–H and O–H groups in total. The second-order valence-corrected chi connectivity index (χ2v) is 2.76. The molecule has 0 aliphatic carbocycles. The van der Waals surface area contributed by atoms with Crippen LogP contribution in [0.3, 0.4) is 0 Å². The molecule has 0 bridgehead atoms. The maximum atomic E-state index is 11.3. The molecule has 0 rings (SSSR count). The normalized spacial score (nSPS) is 9.00. The van der Waals surface area contributed by atoms with E-state index in [1.54, 1.807) is 0 Å². The van der Waals surface area contributed by atoms with Gasteiger partial charge < -0.3 is 4.90 Å². The highest BCUT2D eigenvalue weighted by molar-refractivity contribution is 5.96. The molecule has 0 aromatic heterocycles. The minimum absolute atomic E-state index is 0.0563. The number of hydrogen-bond acceptors (Lipinski definition) is 3. The average molecular weight is 182 g/mol. The van der Waals surface area contributed by atoms with Gasteiger partial charge in [-0.25, -0.2) is 0 Å². The van der Waals surface area contributed by atoms with Gasteiger partial charge in [0.25, 0.3) is 0 Å². The molecule has 72 valence electrons. The van der Waals surface area contributed by atoms with Crippen molar-refractivity contribution < 1.29 is 9.59 Å². The van der Waals surface area contributed by atoms with E-state index in [0.29, 0.717) is 19.5 Å². The minimum Gasteiger partial charge on any atom is -0.342 e. The third-order valence-electron chi connectivity index (χ3n) is 1.63. The fourth-order valence-corrected chi connectivity index (χ4v) is 0.969. The van der Waals surface area contributed by atoms with E-state index in [4.69, 9.17) is 5.26 Å². The number of amides is 1. The predicted molar refractivity (Wildman–Crippen MR) is 47.8 cm³/mol. The quantitative estimate of drug-likeness (QED) is 0.589. The van der Waals surface area contributed by atoms with Crippen LogP contribution >= 0.6 is 0 Å². The molecule has 4 heteroatoms. The molecule has 13 heavy (non-hydrogen) atoms. The number of ketones is 1. The van der Waals surface area contributed by atoms with Crippen LogP contribution in [-0.2, 0) is 9.59 Å². The first-order valence-corrected chi connectivity index (χ1v) is 4.26. The van der Waals surface area contributed by atoms with E-state index in [1.165, 1.54) is 11.8 Å². The first-order valence-electron chi connectivity index (χ1n) is 4.26. The van der Waals surface area contributed by atoms with E-state index in [9.17, 15) is 9.59 Å². The number of nitriles is 1. The lowest BCUT2D eigenvalue weighted by atomic mass is 10.2. The van der Waals surface area contributed by atoms with Gasteiger partial charge in [0.1, 0.15) is 5.78 Å². The van der Waals surface area contributed by atoms with E-state index in [-0.39, 0.29) is 18.1 Å². The van der Waals surface area contributed by atoms with Crippen molar-refractivity contribution in [3.63, 3.8) is 0 Å². The topological polar surface area (TPSA) is 61.2 Å². The lowest BCUT2D eigenvalue weighted by molar-refractivity contribution is -0.134. The van der Waals surface area contributed by atoms with Crippen LogP contribution < -0.4 is 0 Å². The molecule has 0 saturated heterocycles. The zero-order chi connectivity index (χ0) is 10.3. The predicted octanol–water partition coefficient (Wildman–Crippen LogP) is 0.728. The van der Waals surface area contributed by atoms with Gasteiger partial charge in [-0.05, 0) is 13.8 Å². The zero-order valence-electron chi connectivity index (χ0n) is 8.04. The zero-order valence-corrected chi connectivity index (χ0v) is 8.04. The molecule has 0 saturated carbocycles. The summed E-state index contributed by atoms with van der Waals surface area (Å²) in [4.78, 5) is 23.4. The molecule has 0 spiro atoms. The molecule has 0 atom stereocenters. The SMILES string of the molecule is CCN(CCC#N)C(=O)CC(C)=O. The maximum Gasteiger partial charge on any atom is 0.230 e. The molecular formula is C9H14N2O2. The summed E-state index contributed by atoms with van der Waals surface area (Å²) in [7, 11) is 0. The summed E-state index contributed by atoms with van der Waals surface area (Å²) >= 11 is 0.